The molecule has 2 nitrogen and oxygen atoms in total. The van der Waals surface area contributed by atoms with E-state index in [-0.39, 0.29) is 0 Å². The fourth-order valence-corrected chi connectivity index (χ4v) is 2.98. The Morgan fingerprint density at radius 1 is 1.46 bits per heavy atom. The molecule has 0 aromatic rings. The number of rotatable bonds is 3. The van der Waals surface area contributed by atoms with Crippen molar-refractivity contribution in [2.24, 2.45) is 5.92 Å². The first-order valence-corrected chi connectivity index (χ1v) is 6.74. The minimum Gasteiger partial charge on any atom is -0.312 e. The second kappa shape index (κ2) is 4.67. The van der Waals surface area contributed by atoms with Crippen molar-refractivity contribution in [3.63, 3.8) is 0 Å². The zero-order chi connectivity index (χ0) is 9.10. The molecule has 0 saturated carbocycles. The summed E-state index contributed by atoms with van der Waals surface area (Å²) >= 11 is 1.96. The Morgan fingerprint density at radius 2 is 2.38 bits per heavy atom. The lowest BCUT2D eigenvalue weighted by Crippen LogP contribution is -2.40. The molecule has 2 rings (SSSR count). The number of fused-ring (bicyclic) bond motifs is 1. The van der Waals surface area contributed by atoms with Crippen molar-refractivity contribution in [2.45, 2.75) is 18.9 Å². The van der Waals surface area contributed by atoms with Crippen LogP contribution in [0.4, 0.5) is 0 Å². The van der Waals surface area contributed by atoms with E-state index in [1.165, 1.54) is 44.8 Å². The van der Waals surface area contributed by atoms with Crippen molar-refractivity contribution < 1.29 is 0 Å². The van der Waals surface area contributed by atoms with Gasteiger partial charge in [0.25, 0.3) is 0 Å². The van der Waals surface area contributed by atoms with Gasteiger partial charge >= 0.3 is 0 Å². The maximum atomic E-state index is 3.64. The molecule has 2 fully saturated rings. The number of hydrogen-bond acceptors (Lipinski definition) is 3. The van der Waals surface area contributed by atoms with Gasteiger partial charge < -0.3 is 10.2 Å². The highest BCUT2D eigenvalue weighted by atomic mass is 32.2. The van der Waals surface area contributed by atoms with Crippen molar-refractivity contribution >= 4 is 11.8 Å². The Balaban J connectivity index is 1.77. The topological polar surface area (TPSA) is 15.3 Å². The average molecular weight is 200 g/mol. The molecule has 2 saturated heterocycles. The quantitative estimate of drug-likeness (QED) is 0.732. The first-order chi connectivity index (χ1) is 6.40. The highest BCUT2D eigenvalue weighted by Gasteiger charge is 2.33. The molecule has 0 aromatic heterocycles. The van der Waals surface area contributed by atoms with E-state index in [9.17, 15) is 0 Å². The monoisotopic (exact) mass is 200 g/mol. The number of likely N-dealkylation sites (tertiary alicyclic amines) is 1. The number of nitrogens with one attached hydrogen (secondary N) is 1. The molecule has 2 aliphatic heterocycles. The Morgan fingerprint density at radius 3 is 3.15 bits per heavy atom. The molecule has 2 atom stereocenters. The van der Waals surface area contributed by atoms with Crippen molar-refractivity contribution in [2.75, 3.05) is 38.2 Å². The van der Waals surface area contributed by atoms with Crippen LogP contribution in [0, 0.1) is 5.92 Å². The minimum atomic E-state index is 0.815. The van der Waals surface area contributed by atoms with Gasteiger partial charge in [-0.15, -0.1) is 0 Å². The van der Waals surface area contributed by atoms with E-state index in [0.29, 0.717) is 0 Å². The first-order valence-electron chi connectivity index (χ1n) is 5.35. The van der Waals surface area contributed by atoms with Gasteiger partial charge in [0.2, 0.25) is 0 Å². The van der Waals surface area contributed by atoms with Crippen LogP contribution in [0.1, 0.15) is 12.8 Å². The summed E-state index contributed by atoms with van der Waals surface area (Å²) in [6.45, 7) is 5.18. The van der Waals surface area contributed by atoms with Crippen molar-refractivity contribution in [1.82, 2.24) is 10.2 Å². The minimum absolute atomic E-state index is 0.815. The third-order valence-electron chi connectivity index (χ3n) is 3.29. The first kappa shape index (κ1) is 9.81. The van der Waals surface area contributed by atoms with Crippen molar-refractivity contribution in [3.8, 4) is 0 Å². The van der Waals surface area contributed by atoms with Gasteiger partial charge in [-0.3, -0.25) is 0 Å². The second-order valence-electron chi connectivity index (χ2n) is 4.22. The van der Waals surface area contributed by atoms with Crippen LogP contribution >= 0.6 is 11.8 Å². The fourth-order valence-electron chi connectivity index (χ4n) is 2.54. The van der Waals surface area contributed by atoms with Crippen LogP contribution in [-0.2, 0) is 0 Å². The molecule has 2 heterocycles. The van der Waals surface area contributed by atoms with E-state index >= 15 is 0 Å². The summed E-state index contributed by atoms with van der Waals surface area (Å²) in [6.07, 6.45) is 5.03. The van der Waals surface area contributed by atoms with Crippen LogP contribution in [0.15, 0.2) is 0 Å². The molecule has 2 unspecified atom stereocenters. The Kier molecular flexibility index (Phi) is 3.52. The normalized spacial score (nSPS) is 34.8. The standard InChI is InChI=1S/C10H20N2S/c1-13-6-5-12-7-9-3-2-4-11-10(9)8-12/h9-11H,2-8H2,1H3. The molecule has 13 heavy (non-hydrogen) atoms. The van der Waals surface area contributed by atoms with Crippen LogP contribution in [0.3, 0.4) is 0 Å². The Hall–Kier alpha value is 0.270. The summed E-state index contributed by atoms with van der Waals surface area (Å²) in [5.41, 5.74) is 0. The third kappa shape index (κ3) is 2.39. The number of hydrogen-bond donors (Lipinski definition) is 1. The average Bonchev–Trinajstić information content (AvgIpc) is 2.57. The van der Waals surface area contributed by atoms with Gasteiger partial charge in [-0.1, -0.05) is 0 Å². The summed E-state index contributed by atoms with van der Waals surface area (Å²) < 4.78 is 0. The molecule has 0 aliphatic carbocycles. The molecule has 0 aromatic carbocycles. The molecular weight excluding hydrogens is 180 g/mol. The molecule has 2 aliphatic rings. The Bertz CT molecular complexity index is 149. The van der Waals surface area contributed by atoms with E-state index in [4.69, 9.17) is 0 Å². The lowest BCUT2D eigenvalue weighted by Gasteiger charge is -2.24. The molecule has 76 valence electrons. The number of piperidine rings is 1. The maximum Gasteiger partial charge on any atom is 0.0235 e. The lowest BCUT2D eigenvalue weighted by molar-refractivity contribution is 0.332. The van der Waals surface area contributed by atoms with Gasteiger partial charge in [0, 0.05) is 31.4 Å². The van der Waals surface area contributed by atoms with E-state index < -0.39 is 0 Å². The number of nitrogens with zero attached hydrogens (tertiary/aromatic N) is 1. The molecule has 1 N–H and O–H groups in total. The van der Waals surface area contributed by atoms with Gasteiger partial charge in [-0.05, 0) is 31.6 Å². The van der Waals surface area contributed by atoms with E-state index in [0.717, 1.165) is 12.0 Å². The van der Waals surface area contributed by atoms with E-state index in [1.54, 1.807) is 0 Å². The summed E-state index contributed by atoms with van der Waals surface area (Å²) in [6, 6.07) is 0.815. The molecular formula is C10H20N2S. The SMILES string of the molecule is CSCCN1CC2CCCNC2C1. The molecule has 0 amide bonds. The smallest absolute Gasteiger partial charge is 0.0235 e. The summed E-state index contributed by atoms with van der Waals surface area (Å²) in [7, 11) is 0. The highest BCUT2D eigenvalue weighted by Crippen LogP contribution is 2.24. The van der Waals surface area contributed by atoms with Crippen LogP contribution in [0.25, 0.3) is 0 Å². The van der Waals surface area contributed by atoms with Crippen LogP contribution in [0.5, 0.6) is 0 Å². The predicted octanol–water partition coefficient (Wildman–Crippen LogP) is 1.03. The van der Waals surface area contributed by atoms with Gasteiger partial charge in [0.1, 0.15) is 0 Å². The summed E-state index contributed by atoms with van der Waals surface area (Å²) in [5, 5.41) is 3.64. The highest BCUT2D eigenvalue weighted by molar-refractivity contribution is 7.98. The largest absolute Gasteiger partial charge is 0.312 e. The van der Waals surface area contributed by atoms with Gasteiger partial charge in [0.05, 0.1) is 0 Å². The summed E-state index contributed by atoms with van der Waals surface area (Å²) in [4.78, 5) is 2.63. The Labute approximate surface area is 85.4 Å². The zero-order valence-electron chi connectivity index (χ0n) is 8.46. The molecule has 0 radical (unpaired) electrons. The predicted molar refractivity (Wildman–Crippen MR) is 59.3 cm³/mol. The van der Waals surface area contributed by atoms with E-state index in [2.05, 4.69) is 16.5 Å². The maximum absolute atomic E-state index is 3.64. The molecule has 0 bridgehead atoms. The van der Waals surface area contributed by atoms with Crippen LogP contribution in [-0.4, -0.2) is 49.1 Å². The van der Waals surface area contributed by atoms with Crippen LogP contribution in [0.2, 0.25) is 0 Å². The lowest BCUT2D eigenvalue weighted by atomic mass is 9.94. The molecule has 3 heteroatoms. The van der Waals surface area contributed by atoms with Gasteiger partial charge in [-0.25, -0.2) is 0 Å². The number of thioether (sulfide) groups is 1. The van der Waals surface area contributed by atoms with E-state index in [1.807, 2.05) is 11.8 Å². The third-order valence-corrected chi connectivity index (χ3v) is 3.88. The second-order valence-corrected chi connectivity index (χ2v) is 5.20. The summed E-state index contributed by atoms with van der Waals surface area (Å²) in [5.74, 6) is 2.25. The van der Waals surface area contributed by atoms with Crippen molar-refractivity contribution in [3.05, 3.63) is 0 Å². The van der Waals surface area contributed by atoms with Gasteiger partial charge in [0.15, 0.2) is 0 Å². The molecule has 0 spiro atoms. The van der Waals surface area contributed by atoms with Gasteiger partial charge in [-0.2, -0.15) is 11.8 Å². The van der Waals surface area contributed by atoms with Crippen LogP contribution < -0.4 is 5.32 Å². The zero-order valence-corrected chi connectivity index (χ0v) is 9.28. The van der Waals surface area contributed by atoms with Crippen molar-refractivity contribution in [1.29, 1.82) is 0 Å². The fraction of sp³-hybridized carbons (Fsp3) is 1.00.